The lowest BCUT2D eigenvalue weighted by atomic mass is 10.2. The predicted octanol–water partition coefficient (Wildman–Crippen LogP) is 2.54. The fraction of sp³-hybridized carbons (Fsp3) is 0.429. The maximum atomic E-state index is 13.3. The second-order valence-electron chi connectivity index (χ2n) is 7.11. The van der Waals surface area contributed by atoms with Crippen LogP contribution in [0.3, 0.4) is 0 Å². The number of hydrogen-bond donors (Lipinski definition) is 0. The fourth-order valence-corrected chi connectivity index (χ4v) is 3.52. The molecule has 0 atom stereocenters. The van der Waals surface area contributed by atoms with Crippen molar-refractivity contribution in [3.05, 3.63) is 63.6 Å². The summed E-state index contributed by atoms with van der Waals surface area (Å²) in [5.41, 5.74) is 1.92. The molecule has 0 spiro atoms. The van der Waals surface area contributed by atoms with Crippen LogP contribution in [0, 0.1) is 6.92 Å². The molecule has 2 aromatic rings. The molecule has 1 aromatic heterocycles. The second-order valence-corrected chi connectivity index (χ2v) is 7.11. The number of nitrogens with zero attached hydrogens (tertiary/aromatic N) is 2. The van der Waals surface area contributed by atoms with Crippen LogP contribution < -0.4 is 10.2 Å². The summed E-state index contributed by atoms with van der Waals surface area (Å²) in [6, 6.07) is 11.5. The zero-order valence-electron chi connectivity index (χ0n) is 15.5. The summed E-state index contributed by atoms with van der Waals surface area (Å²) in [5.74, 6) is 0.0157. The number of carbonyl (C=O) groups excluding carboxylic acids is 1. The number of rotatable bonds is 5. The summed E-state index contributed by atoms with van der Waals surface area (Å²) in [5, 5.41) is 0. The molecule has 2 heterocycles. The molecule has 142 valence electrons. The maximum Gasteiger partial charge on any atom is 0.274 e. The predicted molar refractivity (Wildman–Crippen MR) is 101 cm³/mol. The molecule has 1 saturated carbocycles. The third-order valence-electron chi connectivity index (χ3n) is 5.04. The van der Waals surface area contributed by atoms with E-state index in [9.17, 15) is 9.59 Å². The van der Waals surface area contributed by atoms with Gasteiger partial charge in [0.2, 0.25) is 5.43 Å². The third kappa shape index (κ3) is 3.76. The number of carbonyl (C=O) groups is 1. The Labute approximate surface area is 158 Å². The van der Waals surface area contributed by atoms with Crippen molar-refractivity contribution in [2.24, 2.45) is 0 Å². The highest BCUT2D eigenvalue weighted by Gasteiger charge is 2.34. The Hall–Kier alpha value is -2.60. The van der Waals surface area contributed by atoms with Crippen molar-refractivity contribution in [3.8, 4) is 5.75 Å². The molecule has 1 amide bonds. The van der Waals surface area contributed by atoms with Crippen LogP contribution in [0.15, 0.2) is 41.2 Å². The summed E-state index contributed by atoms with van der Waals surface area (Å²) in [6.45, 7) is 4.24. The van der Waals surface area contributed by atoms with Crippen molar-refractivity contribution in [2.45, 2.75) is 32.4 Å². The monoisotopic (exact) mass is 368 g/mol. The highest BCUT2D eigenvalue weighted by atomic mass is 16.5. The molecular formula is C21H24N2O4. The van der Waals surface area contributed by atoms with Gasteiger partial charge in [-0.25, -0.2) is 0 Å². The van der Waals surface area contributed by atoms with Crippen molar-refractivity contribution in [3.63, 3.8) is 0 Å². The van der Waals surface area contributed by atoms with Gasteiger partial charge in [0.1, 0.15) is 6.61 Å². The summed E-state index contributed by atoms with van der Waals surface area (Å²) in [7, 11) is 0. The van der Waals surface area contributed by atoms with E-state index >= 15 is 0 Å². The first-order valence-electron chi connectivity index (χ1n) is 9.45. The van der Waals surface area contributed by atoms with Crippen LogP contribution in [0.25, 0.3) is 0 Å². The molecule has 1 aliphatic carbocycles. The molecule has 0 unspecified atom stereocenters. The van der Waals surface area contributed by atoms with E-state index in [2.05, 4.69) is 0 Å². The molecule has 0 radical (unpaired) electrons. The Morgan fingerprint density at radius 1 is 1.19 bits per heavy atom. The number of benzene rings is 1. The van der Waals surface area contributed by atoms with Crippen molar-refractivity contribution >= 4 is 5.91 Å². The molecular weight excluding hydrogens is 344 g/mol. The van der Waals surface area contributed by atoms with Gasteiger partial charge < -0.3 is 18.9 Å². The molecule has 1 aliphatic heterocycles. The number of aryl methyl sites for hydroxylation is 1. The molecule has 4 rings (SSSR count). The van der Waals surface area contributed by atoms with Gasteiger partial charge in [-0.15, -0.1) is 0 Å². The number of amides is 1. The van der Waals surface area contributed by atoms with Crippen LogP contribution in [0.5, 0.6) is 5.75 Å². The van der Waals surface area contributed by atoms with Crippen molar-refractivity contribution < 1.29 is 14.3 Å². The Bertz CT molecular complexity index is 881. The van der Waals surface area contributed by atoms with E-state index in [1.54, 1.807) is 11.0 Å². The van der Waals surface area contributed by atoms with Crippen LogP contribution in [0.2, 0.25) is 0 Å². The lowest BCUT2D eigenvalue weighted by molar-refractivity contribution is 0.0291. The first kappa shape index (κ1) is 17.8. The van der Waals surface area contributed by atoms with Crippen LogP contribution in [0.4, 0.5) is 0 Å². The van der Waals surface area contributed by atoms with Crippen LogP contribution in [-0.4, -0.2) is 41.7 Å². The summed E-state index contributed by atoms with van der Waals surface area (Å²) >= 11 is 0. The van der Waals surface area contributed by atoms with E-state index in [1.165, 1.54) is 0 Å². The van der Waals surface area contributed by atoms with Gasteiger partial charge in [-0.3, -0.25) is 9.59 Å². The van der Waals surface area contributed by atoms with Crippen molar-refractivity contribution in [1.82, 2.24) is 9.47 Å². The Morgan fingerprint density at radius 3 is 2.56 bits per heavy atom. The van der Waals surface area contributed by atoms with E-state index in [4.69, 9.17) is 9.47 Å². The SMILES string of the molecule is Cc1cc(=O)c(OCc2ccccc2)c(C(=O)N2CCOCC2)n1C1CC1. The van der Waals surface area contributed by atoms with Crippen molar-refractivity contribution in [1.29, 1.82) is 0 Å². The van der Waals surface area contributed by atoms with Gasteiger partial charge in [0.05, 0.1) is 13.2 Å². The molecule has 0 N–H and O–H groups in total. The molecule has 0 bridgehead atoms. The number of hydrogen-bond acceptors (Lipinski definition) is 4. The largest absolute Gasteiger partial charge is 0.483 e. The van der Waals surface area contributed by atoms with Gasteiger partial charge in [-0.05, 0) is 25.3 Å². The van der Waals surface area contributed by atoms with Gasteiger partial charge in [0.25, 0.3) is 5.91 Å². The van der Waals surface area contributed by atoms with E-state index in [-0.39, 0.29) is 29.7 Å². The number of aromatic nitrogens is 1. The molecule has 27 heavy (non-hydrogen) atoms. The first-order chi connectivity index (χ1) is 13.1. The standard InChI is InChI=1S/C21H24N2O4/c1-15-13-18(24)20(27-14-16-5-3-2-4-6-16)19(23(15)17-7-8-17)21(25)22-9-11-26-12-10-22/h2-6,13,17H,7-12,14H2,1H3. The molecule has 2 aliphatic rings. The average molecular weight is 368 g/mol. The number of morpholine rings is 1. The highest BCUT2D eigenvalue weighted by molar-refractivity contribution is 5.95. The third-order valence-corrected chi connectivity index (χ3v) is 5.04. The Balaban J connectivity index is 1.73. The lowest BCUT2D eigenvalue weighted by Gasteiger charge is -2.29. The fourth-order valence-electron chi connectivity index (χ4n) is 3.52. The van der Waals surface area contributed by atoms with Crippen LogP contribution in [-0.2, 0) is 11.3 Å². The molecule has 2 fully saturated rings. The van der Waals surface area contributed by atoms with E-state index < -0.39 is 0 Å². The quantitative estimate of drug-likeness (QED) is 0.814. The minimum absolute atomic E-state index is 0.144. The van der Waals surface area contributed by atoms with Gasteiger partial charge >= 0.3 is 0 Å². The second kappa shape index (κ2) is 7.56. The Morgan fingerprint density at radius 2 is 1.89 bits per heavy atom. The van der Waals surface area contributed by atoms with E-state index in [0.29, 0.717) is 32.0 Å². The van der Waals surface area contributed by atoms with Gasteiger partial charge in [-0.2, -0.15) is 0 Å². The molecule has 6 nitrogen and oxygen atoms in total. The zero-order valence-corrected chi connectivity index (χ0v) is 15.5. The van der Waals surface area contributed by atoms with Gasteiger partial charge in [-0.1, -0.05) is 30.3 Å². The van der Waals surface area contributed by atoms with Gasteiger partial charge in [0.15, 0.2) is 11.4 Å². The zero-order chi connectivity index (χ0) is 18.8. The smallest absolute Gasteiger partial charge is 0.274 e. The average Bonchev–Trinajstić information content (AvgIpc) is 3.52. The number of pyridine rings is 1. The topological polar surface area (TPSA) is 60.8 Å². The summed E-state index contributed by atoms with van der Waals surface area (Å²) in [4.78, 5) is 27.8. The van der Waals surface area contributed by atoms with Crippen molar-refractivity contribution in [2.75, 3.05) is 26.3 Å². The number of ether oxygens (including phenoxy) is 2. The summed E-state index contributed by atoms with van der Waals surface area (Å²) in [6.07, 6.45) is 2.04. The molecule has 6 heteroatoms. The Kier molecular flexibility index (Phi) is 4.99. The minimum atomic E-state index is -0.239. The highest BCUT2D eigenvalue weighted by Crippen LogP contribution is 2.38. The normalized spacial score (nSPS) is 17.0. The first-order valence-corrected chi connectivity index (χ1v) is 9.45. The van der Waals surface area contributed by atoms with E-state index in [0.717, 1.165) is 24.1 Å². The lowest BCUT2D eigenvalue weighted by Crippen LogP contribution is -2.42. The maximum absolute atomic E-state index is 13.3. The van der Waals surface area contributed by atoms with Crippen LogP contribution in [0.1, 0.15) is 40.6 Å². The molecule has 1 aromatic carbocycles. The summed E-state index contributed by atoms with van der Waals surface area (Å²) < 4.78 is 13.3. The minimum Gasteiger partial charge on any atom is -0.483 e. The van der Waals surface area contributed by atoms with E-state index in [1.807, 2.05) is 41.8 Å². The van der Waals surface area contributed by atoms with Crippen LogP contribution >= 0.6 is 0 Å². The van der Waals surface area contributed by atoms with Gasteiger partial charge in [0, 0.05) is 30.9 Å². The molecule has 1 saturated heterocycles.